The lowest BCUT2D eigenvalue weighted by molar-refractivity contribution is 0.603. The third-order valence-corrected chi connectivity index (χ3v) is 3.93. The maximum atomic E-state index is 10.7. The molecule has 13 heavy (non-hydrogen) atoms. The SMILES string of the molecule is CC(CSCCS(C)(=O)=O)C(=N)N. The molecule has 3 N–H and O–H groups in total. The van der Waals surface area contributed by atoms with Crippen LogP contribution in [0.4, 0.5) is 0 Å². The molecule has 4 nitrogen and oxygen atoms in total. The molecule has 0 aromatic heterocycles. The van der Waals surface area contributed by atoms with Gasteiger partial charge in [0.15, 0.2) is 0 Å². The highest BCUT2D eigenvalue weighted by Gasteiger charge is 2.06. The molecule has 78 valence electrons. The number of rotatable bonds is 6. The van der Waals surface area contributed by atoms with Crippen LogP contribution in [0.3, 0.4) is 0 Å². The van der Waals surface area contributed by atoms with E-state index in [1.165, 1.54) is 18.0 Å². The fraction of sp³-hybridized carbons (Fsp3) is 0.857. The van der Waals surface area contributed by atoms with Crippen molar-refractivity contribution in [3.05, 3.63) is 0 Å². The number of amidine groups is 1. The molecule has 0 rings (SSSR count). The first-order valence-corrected chi connectivity index (χ1v) is 7.14. The Balaban J connectivity index is 3.53. The average molecular weight is 224 g/mol. The van der Waals surface area contributed by atoms with Crippen LogP contribution in [0.1, 0.15) is 6.92 Å². The highest BCUT2D eigenvalue weighted by molar-refractivity contribution is 8.00. The van der Waals surface area contributed by atoms with Crippen molar-refractivity contribution >= 4 is 27.4 Å². The molecular weight excluding hydrogens is 208 g/mol. The molecular formula is C7H16N2O2S2. The van der Waals surface area contributed by atoms with E-state index in [2.05, 4.69) is 0 Å². The van der Waals surface area contributed by atoms with E-state index in [0.717, 1.165) is 0 Å². The number of nitrogens with one attached hydrogen (secondary N) is 1. The predicted octanol–water partition coefficient (Wildman–Crippen LogP) is 0.336. The van der Waals surface area contributed by atoms with Gasteiger partial charge in [0.2, 0.25) is 0 Å². The standard InChI is InChI=1S/C7H16N2O2S2/c1-6(7(8)9)5-12-3-4-13(2,10)11/h6H,3-5H2,1-2H3,(H3,8,9). The quantitative estimate of drug-likeness (QED) is 0.387. The third kappa shape index (κ3) is 8.11. The van der Waals surface area contributed by atoms with Crippen molar-refractivity contribution in [2.24, 2.45) is 11.7 Å². The van der Waals surface area contributed by atoms with E-state index < -0.39 is 9.84 Å². The molecule has 6 heteroatoms. The normalized spacial score (nSPS) is 14.0. The van der Waals surface area contributed by atoms with Crippen LogP contribution in [0, 0.1) is 11.3 Å². The second-order valence-electron chi connectivity index (χ2n) is 3.06. The number of nitrogens with two attached hydrogens (primary N) is 1. The smallest absolute Gasteiger partial charge is 0.148 e. The third-order valence-electron chi connectivity index (χ3n) is 1.50. The first-order chi connectivity index (χ1) is 5.83. The Morgan fingerprint density at radius 3 is 2.54 bits per heavy atom. The molecule has 0 heterocycles. The van der Waals surface area contributed by atoms with Gasteiger partial charge in [-0.2, -0.15) is 11.8 Å². The van der Waals surface area contributed by atoms with Crippen LogP contribution in [0.15, 0.2) is 0 Å². The van der Waals surface area contributed by atoms with Gasteiger partial charge in [0.25, 0.3) is 0 Å². The van der Waals surface area contributed by atoms with Crippen LogP contribution >= 0.6 is 11.8 Å². The molecule has 0 spiro atoms. The Bertz CT molecular complexity index is 262. The summed E-state index contributed by atoms with van der Waals surface area (Å²) in [5.41, 5.74) is 5.26. The minimum absolute atomic E-state index is 0.0320. The fourth-order valence-electron chi connectivity index (χ4n) is 0.560. The van der Waals surface area contributed by atoms with Gasteiger partial charge >= 0.3 is 0 Å². The average Bonchev–Trinajstić information content (AvgIpc) is 1.95. The van der Waals surface area contributed by atoms with Crippen LogP contribution in [0.5, 0.6) is 0 Å². The van der Waals surface area contributed by atoms with Crippen molar-refractivity contribution in [3.63, 3.8) is 0 Å². The highest BCUT2D eigenvalue weighted by atomic mass is 32.2. The Morgan fingerprint density at radius 1 is 1.62 bits per heavy atom. The van der Waals surface area contributed by atoms with Crippen molar-refractivity contribution in [1.82, 2.24) is 0 Å². The van der Waals surface area contributed by atoms with Crippen LogP contribution in [-0.4, -0.2) is 37.8 Å². The summed E-state index contributed by atoms with van der Waals surface area (Å²) in [4.78, 5) is 0. The molecule has 0 fully saturated rings. The molecule has 0 aliphatic carbocycles. The molecule has 0 aromatic rings. The number of hydrogen-bond acceptors (Lipinski definition) is 4. The van der Waals surface area contributed by atoms with Crippen molar-refractivity contribution in [1.29, 1.82) is 5.41 Å². The van der Waals surface area contributed by atoms with Gasteiger partial charge in [-0.3, -0.25) is 5.41 Å². The van der Waals surface area contributed by atoms with Gasteiger partial charge in [-0.05, 0) is 0 Å². The Hall–Kier alpha value is -0.230. The minimum atomic E-state index is -2.85. The lowest BCUT2D eigenvalue weighted by Crippen LogP contribution is -2.21. The second kappa shape index (κ2) is 5.49. The number of sulfone groups is 1. The monoisotopic (exact) mass is 224 g/mol. The highest BCUT2D eigenvalue weighted by Crippen LogP contribution is 2.08. The zero-order chi connectivity index (χ0) is 10.5. The van der Waals surface area contributed by atoms with Crippen LogP contribution in [0.25, 0.3) is 0 Å². The molecule has 0 saturated carbocycles. The molecule has 0 aromatic carbocycles. The van der Waals surface area contributed by atoms with E-state index in [1.807, 2.05) is 6.92 Å². The van der Waals surface area contributed by atoms with Gasteiger partial charge in [0.1, 0.15) is 9.84 Å². The molecule has 0 amide bonds. The number of hydrogen-bond donors (Lipinski definition) is 2. The molecule has 1 atom stereocenters. The van der Waals surface area contributed by atoms with E-state index in [4.69, 9.17) is 11.1 Å². The van der Waals surface area contributed by atoms with Crippen LogP contribution in [-0.2, 0) is 9.84 Å². The maximum absolute atomic E-state index is 10.7. The molecule has 0 saturated heterocycles. The van der Waals surface area contributed by atoms with Gasteiger partial charge in [0, 0.05) is 23.7 Å². The van der Waals surface area contributed by atoms with Gasteiger partial charge in [-0.1, -0.05) is 6.92 Å². The summed E-state index contributed by atoms with van der Waals surface area (Å²) in [5.74, 6) is 1.68. The zero-order valence-corrected chi connectivity index (χ0v) is 9.54. The first kappa shape index (κ1) is 12.8. The van der Waals surface area contributed by atoms with E-state index in [0.29, 0.717) is 11.5 Å². The maximum Gasteiger partial charge on any atom is 0.148 e. The Kier molecular flexibility index (Phi) is 5.39. The van der Waals surface area contributed by atoms with Crippen molar-refractivity contribution in [3.8, 4) is 0 Å². The summed E-state index contributed by atoms with van der Waals surface area (Å²) in [6, 6.07) is 0. The lowest BCUT2D eigenvalue weighted by atomic mass is 10.2. The Morgan fingerprint density at radius 2 is 2.15 bits per heavy atom. The molecule has 0 radical (unpaired) electrons. The Labute approximate surface area is 83.7 Å². The molecule has 1 unspecified atom stereocenters. The van der Waals surface area contributed by atoms with Crippen molar-refractivity contribution in [2.75, 3.05) is 23.5 Å². The van der Waals surface area contributed by atoms with Crippen molar-refractivity contribution in [2.45, 2.75) is 6.92 Å². The second-order valence-corrected chi connectivity index (χ2v) is 6.47. The lowest BCUT2D eigenvalue weighted by Gasteiger charge is -2.07. The van der Waals surface area contributed by atoms with Gasteiger partial charge in [-0.15, -0.1) is 0 Å². The van der Waals surface area contributed by atoms with Gasteiger partial charge < -0.3 is 5.73 Å². The van der Waals surface area contributed by atoms with E-state index in [9.17, 15) is 8.42 Å². The summed E-state index contributed by atoms with van der Waals surface area (Å²) in [6.45, 7) is 1.86. The largest absolute Gasteiger partial charge is 0.387 e. The summed E-state index contributed by atoms with van der Waals surface area (Å²) >= 11 is 1.52. The number of thioether (sulfide) groups is 1. The summed E-state index contributed by atoms with van der Waals surface area (Å²) < 4.78 is 21.5. The molecule has 0 aliphatic rings. The molecule has 0 aliphatic heterocycles. The zero-order valence-electron chi connectivity index (χ0n) is 7.91. The van der Waals surface area contributed by atoms with Crippen LogP contribution in [0.2, 0.25) is 0 Å². The molecule has 0 bridgehead atoms. The van der Waals surface area contributed by atoms with E-state index in [1.54, 1.807) is 0 Å². The van der Waals surface area contributed by atoms with Crippen LogP contribution < -0.4 is 5.73 Å². The summed E-state index contributed by atoms with van der Waals surface area (Å²) in [7, 11) is -2.85. The predicted molar refractivity (Wildman–Crippen MR) is 58.1 cm³/mol. The van der Waals surface area contributed by atoms with E-state index >= 15 is 0 Å². The summed E-state index contributed by atoms with van der Waals surface area (Å²) in [6.07, 6.45) is 1.22. The topological polar surface area (TPSA) is 84.0 Å². The first-order valence-electron chi connectivity index (χ1n) is 3.92. The fourth-order valence-corrected chi connectivity index (χ4v) is 2.94. The van der Waals surface area contributed by atoms with Crippen molar-refractivity contribution < 1.29 is 8.42 Å². The van der Waals surface area contributed by atoms with E-state index in [-0.39, 0.29) is 17.5 Å². The van der Waals surface area contributed by atoms with Gasteiger partial charge in [0.05, 0.1) is 11.6 Å². The van der Waals surface area contributed by atoms with Gasteiger partial charge in [-0.25, -0.2) is 8.42 Å². The summed E-state index contributed by atoms with van der Waals surface area (Å²) in [5, 5.41) is 7.10. The minimum Gasteiger partial charge on any atom is -0.387 e.